The van der Waals surface area contributed by atoms with Crippen LogP contribution >= 0.6 is 34.8 Å². The molecule has 0 aromatic heterocycles. The van der Waals surface area contributed by atoms with Crippen molar-refractivity contribution in [2.75, 3.05) is 12.4 Å². The fourth-order valence-electron chi connectivity index (χ4n) is 6.01. The SMILES string of the molecule is COC(=O)c1ccc(Oc2ccc(Cl)cc2[C@H]2NC(=O)C[C@@H](c3cccc(Cl)c3)[C@]23C(=O)Nc2cc(Cl)ccc23)cc1. The molecule has 2 amide bonds. The van der Waals surface area contributed by atoms with E-state index in [0.717, 1.165) is 5.56 Å². The number of hydrogen-bond acceptors (Lipinski definition) is 5. The first-order valence-electron chi connectivity index (χ1n) is 13.0. The van der Waals surface area contributed by atoms with Gasteiger partial charge in [-0.25, -0.2) is 4.79 Å². The first-order valence-corrected chi connectivity index (χ1v) is 14.2. The Balaban J connectivity index is 1.54. The highest BCUT2D eigenvalue weighted by Crippen LogP contribution is 2.58. The zero-order valence-corrected chi connectivity index (χ0v) is 24.4. The van der Waals surface area contributed by atoms with Crippen LogP contribution in [0, 0.1) is 0 Å². The Morgan fingerprint density at radius 1 is 0.881 bits per heavy atom. The van der Waals surface area contributed by atoms with Crippen LogP contribution in [0.2, 0.25) is 15.1 Å². The molecule has 0 radical (unpaired) electrons. The van der Waals surface area contributed by atoms with E-state index in [0.29, 0.717) is 48.9 Å². The number of hydrogen-bond donors (Lipinski definition) is 2. The molecule has 0 saturated carbocycles. The Kier molecular flexibility index (Phi) is 7.35. The molecule has 10 heteroatoms. The van der Waals surface area contributed by atoms with Crippen LogP contribution in [0.5, 0.6) is 11.5 Å². The summed E-state index contributed by atoms with van der Waals surface area (Å²) >= 11 is 19.2. The number of carbonyl (C=O) groups is 3. The monoisotopic (exact) mass is 620 g/mol. The van der Waals surface area contributed by atoms with Crippen molar-refractivity contribution >= 4 is 58.3 Å². The molecule has 0 unspecified atom stereocenters. The molecule has 4 aromatic rings. The van der Waals surface area contributed by atoms with Crippen LogP contribution in [0.4, 0.5) is 5.69 Å². The third-order valence-corrected chi connectivity index (χ3v) is 8.49. The number of esters is 1. The Hall–Kier alpha value is -4.04. The number of rotatable bonds is 5. The Labute approximate surface area is 256 Å². The van der Waals surface area contributed by atoms with Gasteiger partial charge in [0.15, 0.2) is 0 Å². The molecule has 2 N–H and O–H groups in total. The molecule has 212 valence electrons. The summed E-state index contributed by atoms with van der Waals surface area (Å²) < 4.78 is 11.1. The van der Waals surface area contributed by atoms with Crippen LogP contribution in [-0.2, 0) is 19.7 Å². The number of carbonyl (C=O) groups excluding carboxylic acids is 3. The predicted molar refractivity (Wildman–Crippen MR) is 161 cm³/mol. The minimum absolute atomic E-state index is 0.0398. The van der Waals surface area contributed by atoms with Gasteiger partial charge in [0.05, 0.1) is 18.7 Å². The lowest BCUT2D eigenvalue weighted by Gasteiger charge is -2.46. The third kappa shape index (κ3) is 4.77. The molecule has 2 aliphatic heterocycles. The summed E-state index contributed by atoms with van der Waals surface area (Å²) in [4.78, 5) is 39.6. The molecule has 4 aromatic carbocycles. The predicted octanol–water partition coefficient (Wildman–Crippen LogP) is 7.46. The minimum Gasteiger partial charge on any atom is -0.465 e. The minimum atomic E-state index is -1.31. The fourth-order valence-corrected chi connectivity index (χ4v) is 6.56. The van der Waals surface area contributed by atoms with E-state index < -0.39 is 23.3 Å². The maximum atomic E-state index is 14.3. The third-order valence-electron chi connectivity index (χ3n) is 7.79. The van der Waals surface area contributed by atoms with Crippen LogP contribution in [0.15, 0.2) is 84.9 Å². The summed E-state index contributed by atoms with van der Waals surface area (Å²) in [5.74, 6) is -0.821. The normalized spacial score (nSPS) is 21.0. The van der Waals surface area contributed by atoms with Crippen LogP contribution in [0.3, 0.4) is 0 Å². The molecule has 0 bridgehead atoms. The van der Waals surface area contributed by atoms with Gasteiger partial charge in [0.1, 0.15) is 16.9 Å². The van der Waals surface area contributed by atoms with Gasteiger partial charge in [-0.3, -0.25) is 9.59 Å². The second-order valence-corrected chi connectivity index (χ2v) is 11.4. The quantitative estimate of drug-likeness (QED) is 0.226. The van der Waals surface area contributed by atoms with Gasteiger partial charge in [0, 0.05) is 38.7 Å². The van der Waals surface area contributed by atoms with Crippen molar-refractivity contribution in [1.82, 2.24) is 5.32 Å². The van der Waals surface area contributed by atoms with Gasteiger partial charge in [-0.05, 0) is 77.9 Å². The highest BCUT2D eigenvalue weighted by Gasteiger charge is 2.61. The first-order chi connectivity index (χ1) is 20.2. The zero-order valence-electron chi connectivity index (χ0n) is 22.1. The smallest absolute Gasteiger partial charge is 0.337 e. The molecule has 3 atom stereocenters. The van der Waals surface area contributed by atoms with Crippen molar-refractivity contribution < 1.29 is 23.9 Å². The molecule has 1 spiro atoms. The van der Waals surface area contributed by atoms with Crippen molar-refractivity contribution in [3.8, 4) is 11.5 Å². The molecule has 7 nitrogen and oxygen atoms in total. The van der Waals surface area contributed by atoms with E-state index >= 15 is 0 Å². The van der Waals surface area contributed by atoms with Gasteiger partial charge in [0.25, 0.3) is 0 Å². The highest BCUT2D eigenvalue weighted by atomic mass is 35.5. The van der Waals surface area contributed by atoms with Crippen molar-refractivity contribution in [2.45, 2.75) is 23.8 Å². The maximum Gasteiger partial charge on any atom is 0.337 e. The van der Waals surface area contributed by atoms with Crippen molar-refractivity contribution in [3.05, 3.63) is 122 Å². The number of ether oxygens (including phenoxy) is 2. The van der Waals surface area contributed by atoms with E-state index in [-0.39, 0.29) is 18.2 Å². The summed E-state index contributed by atoms with van der Waals surface area (Å²) in [5, 5.41) is 7.43. The van der Waals surface area contributed by atoms with E-state index in [1.54, 1.807) is 72.8 Å². The Morgan fingerprint density at radius 3 is 2.33 bits per heavy atom. The van der Waals surface area contributed by atoms with Crippen molar-refractivity contribution in [1.29, 1.82) is 0 Å². The van der Waals surface area contributed by atoms with Crippen molar-refractivity contribution in [3.63, 3.8) is 0 Å². The summed E-state index contributed by atoms with van der Waals surface area (Å²) in [6, 6.07) is 23.0. The molecule has 1 saturated heterocycles. The van der Waals surface area contributed by atoms with Gasteiger partial charge in [-0.1, -0.05) is 53.0 Å². The summed E-state index contributed by atoms with van der Waals surface area (Å²) in [7, 11) is 1.31. The van der Waals surface area contributed by atoms with Gasteiger partial charge < -0.3 is 20.1 Å². The molecular formula is C32H23Cl3N2O5. The lowest BCUT2D eigenvalue weighted by atomic mass is 9.59. The Bertz CT molecular complexity index is 1740. The number of benzene rings is 4. The fraction of sp³-hybridized carbons (Fsp3) is 0.156. The first kappa shape index (κ1) is 28.1. The van der Waals surface area contributed by atoms with E-state index in [9.17, 15) is 14.4 Å². The van der Waals surface area contributed by atoms with Gasteiger partial charge in [-0.15, -0.1) is 0 Å². The lowest BCUT2D eigenvalue weighted by Crippen LogP contribution is -2.56. The number of nitrogens with one attached hydrogen (secondary N) is 2. The number of piperidine rings is 1. The van der Waals surface area contributed by atoms with Gasteiger partial charge in [0.2, 0.25) is 11.8 Å². The van der Waals surface area contributed by atoms with E-state index in [4.69, 9.17) is 44.3 Å². The summed E-state index contributed by atoms with van der Waals surface area (Å²) in [6.07, 6.45) is 0.0398. The number of amides is 2. The number of fused-ring (bicyclic) bond motifs is 2. The zero-order chi connectivity index (χ0) is 29.6. The van der Waals surface area contributed by atoms with Crippen LogP contribution in [-0.4, -0.2) is 24.9 Å². The average molecular weight is 622 g/mol. The standard InChI is InChI=1S/C32H23Cl3N2O5/c1-41-30(39)17-5-9-22(10-6-17)42-27-12-8-20(34)14-23(27)29-32(24-11-7-21(35)15-26(24)36-31(32)40)25(16-28(38)37-29)18-3-2-4-19(33)13-18/h2-15,25,29H,16H2,1H3,(H,36,40)(H,37,38)/t25-,29+,32-/m0/s1. The second kappa shape index (κ2) is 11.0. The molecule has 1 fully saturated rings. The lowest BCUT2D eigenvalue weighted by molar-refractivity contribution is -0.131. The average Bonchev–Trinajstić information content (AvgIpc) is 3.25. The van der Waals surface area contributed by atoms with E-state index in [1.807, 2.05) is 12.1 Å². The number of anilines is 1. The van der Waals surface area contributed by atoms with Crippen LogP contribution in [0.1, 0.15) is 45.4 Å². The van der Waals surface area contributed by atoms with Gasteiger partial charge in [-0.2, -0.15) is 0 Å². The molecule has 6 rings (SSSR count). The molecule has 0 aliphatic carbocycles. The number of halogens is 3. The largest absolute Gasteiger partial charge is 0.465 e. The second-order valence-electron chi connectivity index (χ2n) is 10.1. The maximum absolute atomic E-state index is 14.3. The topological polar surface area (TPSA) is 93.7 Å². The molecule has 2 heterocycles. The molecule has 2 aliphatic rings. The van der Waals surface area contributed by atoms with Crippen molar-refractivity contribution in [2.24, 2.45) is 0 Å². The Morgan fingerprint density at radius 2 is 1.60 bits per heavy atom. The van der Waals surface area contributed by atoms with Crippen LogP contribution in [0.25, 0.3) is 0 Å². The van der Waals surface area contributed by atoms with E-state index in [2.05, 4.69) is 10.6 Å². The molecular weight excluding hydrogens is 599 g/mol. The summed E-state index contributed by atoms with van der Waals surface area (Å²) in [6.45, 7) is 0. The number of methoxy groups -OCH3 is 1. The van der Waals surface area contributed by atoms with Crippen LogP contribution < -0.4 is 15.4 Å². The van der Waals surface area contributed by atoms with E-state index in [1.165, 1.54) is 7.11 Å². The molecule has 42 heavy (non-hydrogen) atoms. The van der Waals surface area contributed by atoms with Gasteiger partial charge >= 0.3 is 5.97 Å². The highest BCUT2D eigenvalue weighted by molar-refractivity contribution is 6.31. The summed E-state index contributed by atoms with van der Waals surface area (Å²) in [5.41, 5.74) is 1.53.